The molecule has 0 unspecified atom stereocenters. The molecule has 0 bridgehead atoms. The van der Waals surface area contributed by atoms with E-state index in [0.717, 1.165) is 19.5 Å². The lowest BCUT2D eigenvalue weighted by Gasteiger charge is -2.35. The average Bonchev–Trinajstić information content (AvgIpc) is 2.43. The highest BCUT2D eigenvalue weighted by Crippen LogP contribution is 2.17. The maximum absolute atomic E-state index is 5.54. The van der Waals surface area contributed by atoms with Crippen molar-refractivity contribution in [3.63, 3.8) is 0 Å². The van der Waals surface area contributed by atoms with Crippen molar-refractivity contribution in [1.29, 1.82) is 0 Å². The Labute approximate surface area is 111 Å². The number of rotatable bonds is 8. The Morgan fingerprint density at radius 3 is 2.00 bits per heavy atom. The summed E-state index contributed by atoms with van der Waals surface area (Å²) in [5.74, 6) is 0. The van der Waals surface area contributed by atoms with Crippen LogP contribution in [0.5, 0.6) is 0 Å². The van der Waals surface area contributed by atoms with Gasteiger partial charge < -0.3 is 13.3 Å². The average molecular weight is 269 g/mol. The zero-order chi connectivity index (χ0) is 13.4. The summed E-state index contributed by atoms with van der Waals surface area (Å²) >= 11 is 0. The number of nitrogens with zero attached hydrogens (tertiary/aromatic N) is 1. The van der Waals surface area contributed by atoms with Gasteiger partial charge >= 0.3 is 8.97 Å². The van der Waals surface area contributed by atoms with Crippen LogP contribution < -0.4 is 0 Å². The Kier molecular flexibility index (Phi) is 6.52. The first-order chi connectivity index (χ1) is 8.72. The van der Waals surface area contributed by atoms with Gasteiger partial charge in [0.15, 0.2) is 0 Å². The summed E-state index contributed by atoms with van der Waals surface area (Å²) in [5.41, 5.74) is 1.23. The van der Waals surface area contributed by atoms with E-state index >= 15 is 0 Å². The highest BCUT2D eigenvalue weighted by atomic mass is 28.4. The normalized spacial score (nSPS) is 12.1. The molecule has 0 aliphatic carbocycles. The van der Waals surface area contributed by atoms with E-state index in [4.69, 9.17) is 13.3 Å². The quantitative estimate of drug-likeness (QED) is 0.678. The number of benzene rings is 1. The van der Waals surface area contributed by atoms with E-state index in [2.05, 4.69) is 23.6 Å². The van der Waals surface area contributed by atoms with Gasteiger partial charge in [-0.05, 0) is 18.5 Å². The second-order valence-electron chi connectivity index (χ2n) is 4.04. The first-order valence-electron chi connectivity index (χ1n) is 6.16. The van der Waals surface area contributed by atoms with Crippen molar-refractivity contribution < 1.29 is 13.3 Å². The van der Waals surface area contributed by atoms with Crippen molar-refractivity contribution in [2.24, 2.45) is 0 Å². The fraction of sp³-hybridized carbons (Fsp3) is 0.538. The highest BCUT2D eigenvalue weighted by molar-refractivity contribution is 6.57. The van der Waals surface area contributed by atoms with Gasteiger partial charge in [0.1, 0.15) is 0 Å². The molecule has 0 heterocycles. The molecule has 0 amide bonds. The third kappa shape index (κ3) is 3.63. The van der Waals surface area contributed by atoms with E-state index in [9.17, 15) is 0 Å². The summed E-state index contributed by atoms with van der Waals surface area (Å²) < 4.78 is 18.8. The van der Waals surface area contributed by atoms with Crippen LogP contribution in [0.3, 0.4) is 0 Å². The van der Waals surface area contributed by atoms with Crippen LogP contribution in [-0.4, -0.2) is 41.4 Å². The molecule has 0 radical (unpaired) electrons. The lowest BCUT2D eigenvalue weighted by atomic mass is 10.2. The first kappa shape index (κ1) is 15.3. The van der Waals surface area contributed by atoms with Gasteiger partial charge in [-0.2, -0.15) is 0 Å². The van der Waals surface area contributed by atoms with Crippen molar-refractivity contribution in [1.82, 2.24) is 4.57 Å². The minimum Gasteiger partial charge on any atom is -0.364 e. The highest BCUT2D eigenvalue weighted by Gasteiger charge is 2.46. The molecular weight excluding hydrogens is 246 g/mol. The van der Waals surface area contributed by atoms with Crippen LogP contribution in [0.2, 0.25) is 0 Å². The van der Waals surface area contributed by atoms with Crippen LogP contribution in [0.4, 0.5) is 0 Å². The molecule has 1 aromatic rings. The lowest BCUT2D eigenvalue weighted by molar-refractivity contribution is 0.0544. The molecule has 0 saturated heterocycles. The second kappa shape index (κ2) is 7.65. The maximum Gasteiger partial charge on any atom is 0.599 e. The van der Waals surface area contributed by atoms with Gasteiger partial charge in [-0.25, -0.2) is 0 Å². The fourth-order valence-corrected chi connectivity index (χ4v) is 4.17. The second-order valence-corrected chi connectivity index (χ2v) is 6.95. The summed E-state index contributed by atoms with van der Waals surface area (Å²) in [5, 5.41) is 0. The standard InChI is InChI=1S/C13H23NO3Si/c1-5-11-14(18(15-2,16-3)17-4)12-13-9-7-6-8-10-13/h6-10H,5,11-12H2,1-4H3. The van der Waals surface area contributed by atoms with Crippen LogP contribution in [0.25, 0.3) is 0 Å². The maximum atomic E-state index is 5.54. The van der Waals surface area contributed by atoms with E-state index in [1.165, 1.54) is 5.56 Å². The third-order valence-corrected chi connectivity index (χ3v) is 5.57. The van der Waals surface area contributed by atoms with Gasteiger partial charge in [0.25, 0.3) is 0 Å². The van der Waals surface area contributed by atoms with Gasteiger partial charge in [0.2, 0.25) is 0 Å². The molecule has 0 atom stereocenters. The molecule has 0 spiro atoms. The smallest absolute Gasteiger partial charge is 0.364 e. The number of hydrogen-bond donors (Lipinski definition) is 0. The Balaban J connectivity index is 2.87. The molecule has 102 valence electrons. The molecule has 1 rings (SSSR count). The van der Waals surface area contributed by atoms with Crippen LogP contribution in [0.15, 0.2) is 30.3 Å². The van der Waals surface area contributed by atoms with Gasteiger partial charge in [-0.3, -0.25) is 4.57 Å². The van der Waals surface area contributed by atoms with Crippen molar-refractivity contribution in [3.8, 4) is 0 Å². The van der Waals surface area contributed by atoms with E-state index in [-0.39, 0.29) is 0 Å². The molecule has 0 aromatic heterocycles. The van der Waals surface area contributed by atoms with Crippen LogP contribution in [0, 0.1) is 0 Å². The summed E-state index contributed by atoms with van der Waals surface area (Å²) in [4.78, 5) is 0. The molecular formula is C13H23NO3Si. The summed E-state index contributed by atoms with van der Waals surface area (Å²) in [6.45, 7) is 3.80. The van der Waals surface area contributed by atoms with Crippen molar-refractivity contribution in [2.45, 2.75) is 19.9 Å². The molecule has 0 N–H and O–H groups in total. The largest absolute Gasteiger partial charge is 0.599 e. The Morgan fingerprint density at radius 2 is 1.56 bits per heavy atom. The molecule has 0 aliphatic rings. The first-order valence-corrected chi connectivity index (χ1v) is 7.84. The molecule has 0 saturated carbocycles. The number of hydrogen-bond acceptors (Lipinski definition) is 4. The minimum atomic E-state index is -2.72. The van der Waals surface area contributed by atoms with Crippen LogP contribution in [-0.2, 0) is 19.8 Å². The molecule has 18 heavy (non-hydrogen) atoms. The summed E-state index contributed by atoms with van der Waals surface area (Å²) in [6, 6.07) is 10.3. The Hall–Kier alpha value is -0.723. The molecule has 0 aliphatic heterocycles. The van der Waals surface area contributed by atoms with Crippen LogP contribution >= 0.6 is 0 Å². The van der Waals surface area contributed by atoms with E-state index in [1.54, 1.807) is 21.3 Å². The Bertz CT molecular complexity index is 322. The zero-order valence-corrected chi connectivity index (χ0v) is 12.7. The van der Waals surface area contributed by atoms with E-state index in [0.29, 0.717) is 0 Å². The van der Waals surface area contributed by atoms with Gasteiger partial charge in [0.05, 0.1) is 0 Å². The van der Waals surface area contributed by atoms with Gasteiger partial charge in [-0.15, -0.1) is 0 Å². The predicted octanol–water partition coefficient (Wildman–Crippen LogP) is 2.27. The van der Waals surface area contributed by atoms with Crippen molar-refractivity contribution in [2.75, 3.05) is 27.9 Å². The van der Waals surface area contributed by atoms with Crippen molar-refractivity contribution in [3.05, 3.63) is 35.9 Å². The Morgan fingerprint density at radius 1 is 1.00 bits per heavy atom. The monoisotopic (exact) mass is 269 g/mol. The minimum absolute atomic E-state index is 0.774. The lowest BCUT2D eigenvalue weighted by Crippen LogP contribution is -2.59. The van der Waals surface area contributed by atoms with Gasteiger partial charge in [-0.1, -0.05) is 37.3 Å². The van der Waals surface area contributed by atoms with E-state index < -0.39 is 8.97 Å². The molecule has 4 nitrogen and oxygen atoms in total. The topological polar surface area (TPSA) is 30.9 Å². The molecule has 0 fully saturated rings. The zero-order valence-electron chi connectivity index (χ0n) is 11.7. The van der Waals surface area contributed by atoms with E-state index in [1.807, 2.05) is 18.2 Å². The molecule has 5 heteroatoms. The third-order valence-electron chi connectivity index (χ3n) is 2.87. The molecule has 1 aromatic carbocycles. The van der Waals surface area contributed by atoms with Crippen LogP contribution in [0.1, 0.15) is 18.9 Å². The summed E-state index contributed by atoms with van der Waals surface area (Å²) in [6.07, 6.45) is 1.03. The fourth-order valence-electron chi connectivity index (χ4n) is 2.02. The summed E-state index contributed by atoms with van der Waals surface area (Å²) in [7, 11) is 2.22. The SMILES string of the molecule is CCCN(Cc1ccccc1)[Si](OC)(OC)OC. The predicted molar refractivity (Wildman–Crippen MR) is 73.9 cm³/mol. The van der Waals surface area contributed by atoms with Crippen molar-refractivity contribution >= 4 is 8.97 Å². The van der Waals surface area contributed by atoms with Gasteiger partial charge in [0, 0.05) is 27.9 Å².